The fourth-order valence-electron chi connectivity index (χ4n) is 1.48. The van der Waals surface area contributed by atoms with Gasteiger partial charge in [0.25, 0.3) is 0 Å². The highest BCUT2D eigenvalue weighted by Crippen LogP contribution is 1.99. The summed E-state index contributed by atoms with van der Waals surface area (Å²) in [5.74, 6) is -0.763. The first kappa shape index (κ1) is 16.5. The summed E-state index contributed by atoms with van der Waals surface area (Å²) in [6.45, 7) is 4.95. The van der Waals surface area contributed by atoms with Crippen molar-refractivity contribution >= 4 is 12.0 Å². The molecule has 0 spiro atoms. The van der Waals surface area contributed by atoms with Crippen molar-refractivity contribution in [1.29, 1.82) is 0 Å². The molecule has 0 saturated carbocycles. The summed E-state index contributed by atoms with van der Waals surface area (Å²) < 4.78 is 0. The number of rotatable bonds is 10. The molecule has 0 rings (SSSR count). The number of carboxylic acids is 1. The van der Waals surface area contributed by atoms with E-state index >= 15 is 0 Å². The van der Waals surface area contributed by atoms with Crippen LogP contribution in [0.2, 0.25) is 0 Å². The van der Waals surface area contributed by atoms with Gasteiger partial charge in [-0.2, -0.15) is 0 Å². The highest BCUT2D eigenvalue weighted by Gasteiger charge is 2.06. The highest BCUT2D eigenvalue weighted by atomic mass is 16.4. The van der Waals surface area contributed by atoms with Gasteiger partial charge in [0, 0.05) is 26.6 Å². The molecule has 104 valence electrons. The number of hydrogen-bond acceptors (Lipinski definition) is 2. The van der Waals surface area contributed by atoms with E-state index in [1.165, 1.54) is 0 Å². The third-order valence-electron chi connectivity index (χ3n) is 2.59. The summed E-state index contributed by atoms with van der Waals surface area (Å²) >= 11 is 0. The van der Waals surface area contributed by atoms with Crippen molar-refractivity contribution < 1.29 is 14.7 Å². The Morgan fingerprint density at radius 1 is 1.28 bits per heavy atom. The predicted octanol–water partition coefficient (Wildman–Crippen LogP) is 2.24. The minimum absolute atomic E-state index is 0.0719. The van der Waals surface area contributed by atoms with Crippen LogP contribution in [0.15, 0.2) is 12.7 Å². The molecule has 0 aliphatic rings. The van der Waals surface area contributed by atoms with Crippen LogP contribution in [0.5, 0.6) is 0 Å². The van der Waals surface area contributed by atoms with E-state index in [2.05, 4.69) is 11.9 Å². The lowest BCUT2D eigenvalue weighted by Crippen LogP contribution is -2.38. The van der Waals surface area contributed by atoms with Crippen LogP contribution >= 0.6 is 0 Å². The Balaban J connectivity index is 3.45. The number of hydrogen-bond donors (Lipinski definition) is 2. The quantitative estimate of drug-likeness (QED) is 0.465. The fraction of sp³-hybridized carbons (Fsp3) is 0.692. The molecule has 5 nitrogen and oxygen atoms in total. The maximum Gasteiger partial charge on any atom is 0.317 e. The molecule has 5 heteroatoms. The lowest BCUT2D eigenvalue weighted by atomic mass is 10.2. The number of allylic oxidation sites excluding steroid dienone is 1. The average molecular weight is 256 g/mol. The fourth-order valence-corrected chi connectivity index (χ4v) is 1.48. The Morgan fingerprint density at radius 2 is 2.00 bits per heavy atom. The zero-order chi connectivity index (χ0) is 13.8. The molecule has 0 aliphatic heterocycles. The van der Waals surface area contributed by atoms with Crippen LogP contribution in [0.1, 0.15) is 38.5 Å². The van der Waals surface area contributed by atoms with E-state index in [0.29, 0.717) is 13.0 Å². The van der Waals surface area contributed by atoms with Crippen molar-refractivity contribution in [1.82, 2.24) is 10.2 Å². The van der Waals surface area contributed by atoms with Gasteiger partial charge >= 0.3 is 12.0 Å². The molecule has 0 aromatic rings. The molecule has 0 unspecified atom stereocenters. The molecule has 18 heavy (non-hydrogen) atoms. The number of aliphatic carboxylic acids is 1. The number of nitrogens with one attached hydrogen (secondary N) is 1. The molecule has 0 heterocycles. The van der Waals surface area contributed by atoms with Crippen LogP contribution in [0.4, 0.5) is 4.79 Å². The van der Waals surface area contributed by atoms with Gasteiger partial charge in [-0.25, -0.2) is 4.79 Å². The van der Waals surface area contributed by atoms with E-state index < -0.39 is 5.97 Å². The largest absolute Gasteiger partial charge is 0.481 e. The van der Waals surface area contributed by atoms with Crippen molar-refractivity contribution in [3.63, 3.8) is 0 Å². The zero-order valence-electron chi connectivity index (χ0n) is 11.2. The molecule has 0 atom stereocenters. The van der Waals surface area contributed by atoms with E-state index in [1.807, 2.05) is 6.08 Å². The number of amides is 2. The monoisotopic (exact) mass is 256 g/mol. The van der Waals surface area contributed by atoms with Crippen LogP contribution < -0.4 is 5.32 Å². The Morgan fingerprint density at radius 3 is 2.61 bits per heavy atom. The molecule has 2 amide bonds. The topological polar surface area (TPSA) is 69.6 Å². The van der Waals surface area contributed by atoms with E-state index in [-0.39, 0.29) is 12.5 Å². The van der Waals surface area contributed by atoms with Gasteiger partial charge in [0.05, 0.1) is 0 Å². The summed E-state index contributed by atoms with van der Waals surface area (Å²) in [7, 11) is 1.77. The van der Waals surface area contributed by atoms with E-state index in [1.54, 1.807) is 11.9 Å². The Bertz CT molecular complexity index is 267. The maximum atomic E-state index is 11.6. The minimum Gasteiger partial charge on any atom is -0.481 e. The van der Waals surface area contributed by atoms with Crippen molar-refractivity contribution in [3.05, 3.63) is 12.7 Å². The number of carbonyl (C=O) groups excluding carboxylic acids is 1. The first-order chi connectivity index (χ1) is 8.57. The van der Waals surface area contributed by atoms with Crippen LogP contribution in [-0.2, 0) is 4.79 Å². The molecule has 0 saturated heterocycles. The van der Waals surface area contributed by atoms with Crippen molar-refractivity contribution in [2.24, 2.45) is 0 Å². The normalized spacial score (nSPS) is 9.83. The van der Waals surface area contributed by atoms with Crippen LogP contribution in [-0.4, -0.2) is 42.1 Å². The summed E-state index contributed by atoms with van der Waals surface area (Å²) in [6, 6.07) is -0.0719. The second-order valence-corrected chi connectivity index (χ2v) is 4.29. The summed E-state index contributed by atoms with van der Waals surface area (Å²) in [5.41, 5.74) is 0. The van der Waals surface area contributed by atoms with Crippen LogP contribution in [0.3, 0.4) is 0 Å². The van der Waals surface area contributed by atoms with Crippen molar-refractivity contribution in [3.8, 4) is 0 Å². The van der Waals surface area contributed by atoms with Gasteiger partial charge in [-0.05, 0) is 25.7 Å². The summed E-state index contributed by atoms with van der Waals surface area (Å²) in [6.07, 6.45) is 6.19. The third-order valence-corrected chi connectivity index (χ3v) is 2.59. The lowest BCUT2D eigenvalue weighted by Gasteiger charge is -2.17. The molecule has 0 aromatic heterocycles. The molecule has 0 bridgehead atoms. The molecule has 0 radical (unpaired) electrons. The SMILES string of the molecule is C=CCCCN(C)C(=O)NCCCCCC(=O)O. The number of carbonyl (C=O) groups is 2. The van der Waals surface area contributed by atoms with Gasteiger partial charge in [0.15, 0.2) is 0 Å². The Kier molecular flexibility index (Phi) is 9.73. The summed E-state index contributed by atoms with van der Waals surface area (Å²) in [4.78, 5) is 23.5. The standard InChI is InChI=1S/C13H24N2O3/c1-3-4-8-11-15(2)13(18)14-10-7-5-6-9-12(16)17/h3H,1,4-11H2,2H3,(H,14,18)(H,16,17). The van der Waals surface area contributed by atoms with Crippen LogP contribution in [0, 0.1) is 0 Å². The molecule has 0 fully saturated rings. The van der Waals surface area contributed by atoms with E-state index in [9.17, 15) is 9.59 Å². The molecular formula is C13H24N2O3. The second kappa shape index (κ2) is 10.6. The number of unbranched alkanes of at least 4 members (excludes halogenated alkanes) is 3. The number of nitrogens with zero attached hydrogens (tertiary/aromatic N) is 1. The maximum absolute atomic E-state index is 11.6. The lowest BCUT2D eigenvalue weighted by molar-refractivity contribution is -0.137. The Labute approximate surface area is 109 Å². The molecule has 0 aromatic carbocycles. The number of urea groups is 1. The van der Waals surface area contributed by atoms with Gasteiger partial charge in [0.1, 0.15) is 0 Å². The van der Waals surface area contributed by atoms with Crippen LogP contribution in [0.25, 0.3) is 0 Å². The zero-order valence-corrected chi connectivity index (χ0v) is 11.2. The van der Waals surface area contributed by atoms with Gasteiger partial charge in [-0.3, -0.25) is 4.79 Å². The van der Waals surface area contributed by atoms with Gasteiger partial charge in [0.2, 0.25) is 0 Å². The first-order valence-corrected chi connectivity index (χ1v) is 6.39. The van der Waals surface area contributed by atoms with E-state index in [4.69, 9.17) is 5.11 Å². The third kappa shape index (κ3) is 9.69. The van der Waals surface area contributed by atoms with Gasteiger partial charge < -0.3 is 15.3 Å². The second-order valence-electron chi connectivity index (χ2n) is 4.29. The van der Waals surface area contributed by atoms with E-state index in [0.717, 1.165) is 32.2 Å². The van der Waals surface area contributed by atoms with Gasteiger partial charge in [-0.15, -0.1) is 6.58 Å². The van der Waals surface area contributed by atoms with Crippen molar-refractivity contribution in [2.45, 2.75) is 38.5 Å². The molecular weight excluding hydrogens is 232 g/mol. The summed E-state index contributed by atoms with van der Waals surface area (Å²) in [5, 5.41) is 11.3. The predicted molar refractivity (Wildman–Crippen MR) is 71.6 cm³/mol. The van der Waals surface area contributed by atoms with Crippen molar-refractivity contribution in [2.75, 3.05) is 20.1 Å². The molecule has 0 aliphatic carbocycles. The Hall–Kier alpha value is -1.52. The smallest absolute Gasteiger partial charge is 0.317 e. The first-order valence-electron chi connectivity index (χ1n) is 6.39. The minimum atomic E-state index is -0.763. The molecule has 2 N–H and O–H groups in total. The highest BCUT2D eigenvalue weighted by molar-refractivity contribution is 5.73. The average Bonchev–Trinajstić information content (AvgIpc) is 2.33. The van der Waals surface area contributed by atoms with Gasteiger partial charge in [-0.1, -0.05) is 12.5 Å². The number of carboxylic acid groups (broad SMARTS) is 1.